The highest BCUT2D eigenvalue weighted by Gasteiger charge is 2.19. The lowest BCUT2D eigenvalue weighted by molar-refractivity contribution is 0.0684. The van der Waals surface area contributed by atoms with Crippen molar-refractivity contribution in [3.63, 3.8) is 0 Å². The molecular weight excluding hydrogens is 328 g/mol. The molecule has 3 aromatic carbocycles. The van der Waals surface area contributed by atoms with E-state index in [0.29, 0.717) is 16.7 Å². The quantitative estimate of drug-likeness (QED) is 0.701. The van der Waals surface area contributed by atoms with Gasteiger partial charge in [0.05, 0.1) is 11.1 Å². The highest BCUT2D eigenvalue weighted by Crippen LogP contribution is 2.30. The lowest BCUT2D eigenvalue weighted by atomic mass is 9.91. The van der Waals surface area contributed by atoms with Gasteiger partial charge in [0.1, 0.15) is 0 Å². The number of hydrogen-bond donors (Lipinski definition) is 2. The summed E-state index contributed by atoms with van der Waals surface area (Å²) in [6.45, 7) is 0. The molecule has 0 radical (unpaired) electrons. The Bertz CT molecular complexity index is 1040. The Morgan fingerprint density at radius 2 is 1.27 bits per heavy atom. The fourth-order valence-electron chi connectivity index (χ4n) is 2.67. The molecule has 4 heteroatoms. The molecule has 0 amide bonds. The van der Waals surface area contributed by atoms with Crippen molar-refractivity contribution in [2.75, 3.05) is 0 Å². The molecule has 0 aromatic heterocycles. The molecule has 0 heterocycles. The highest BCUT2D eigenvalue weighted by atomic mass is 16.4. The molecule has 4 nitrogen and oxygen atoms in total. The van der Waals surface area contributed by atoms with Gasteiger partial charge in [-0.3, -0.25) is 0 Å². The standard InChI is InChI=1S/C22H14O4/c23-21(24)18-11-5-4-10-17(18)20-16(9-6-12-19(20)22(25)26)14-13-15-7-2-1-3-8-15/h1-12H,(H,23,24)(H,25,26). The van der Waals surface area contributed by atoms with Crippen molar-refractivity contribution < 1.29 is 19.8 Å². The molecule has 0 spiro atoms. The monoisotopic (exact) mass is 342 g/mol. The van der Waals surface area contributed by atoms with Crippen LogP contribution in [0, 0.1) is 11.8 Å². The minimum absolute atomic E-state index is 0.0126. The van der Waals surface area contributed by atoms with Gasteiger partial charge in [-0.15, -0.1) is 0 Å². The van der Waals surface area contributed by atoms with Gasteiger partial charge in [-0.1, -0.05) is 54.3 Å². The van der Waals surface area contributed by atoms with Crippen LogP contribution in [0.4, 0.5) is 0 Å². The van der Waals surface area contributed by atoms with Crippen molar-refractivity contribution in [1.82, 2.24) is 0 Å². The highest BCUT2D eigenvalue weighted by molar-refractivity contribution is 6.03. The van der Waals surface area contributed by atoms with Crippen molar-refractivity contribution in [1.29, 1.82) is 0 Å². The molecule has 126 valence electrons. The Balaban J connectivity index is 2.26. The van der Waals surface area contributed by atoms with E-state index in [4.69, 9.17) is 0 Å². The smallest absolute Gasteiger partial charge is 0.336 e. The predicted octanol–water partition coefficient (Wildman–Crippen LogP) is 4.15. The number of carboxylic acids is 2. The zero-order chi connectivity index (χ0) is 18.5. The second-order valence-corrected chi connectivity index (χ2v) is 5.50. The summed E-state index contributed by atoms with van der Waals surface area (Å²) in [7, 11) is 0. The predicted molar refractivity (Wildman–Crippen MR) is 98.2 cm³/mol. The Hall–Kier alpha value is -3.84. The number of carboxylic acid groups (broad SMARTS) is 2. The largest absolute Gasteiger partial charge is 0.478 e. The number of carbonyl (C=O) groups is 2. The van der Waals surface area contributed by atoms with E-state index >= 15 is 0 Å². The van der Waals surface area contributed by atoms with Gasteiger partial charge in [0, 0.05) is 16.7 Å². The van der Waals surface area contributed by atoms with Crippen molar-refractivity contribution >= 4 is 11.9 Å². The van der Waals surface area contributed by atoms with Crippen molar-refractivity contribution in [3.8, 4) is 23.0 Å². The van der Waals surface area contributed by atoms with E-state index in [1.165, 1.54) is 12.1 Å². The molecule has 0 aliphatic heterocycles. The molecule has 3 aromatic rings. The average Bonchev–Trinajstić information content (AvgIpc) is 2.66. The maximum absolute atomic E-state index is 11.7. The summed E-state index contributed by atoms with van der Waals surface area (Å²) >= 11 is 0. The second-order valence-electron chi connectivity index (χ2n) is 5.50. The first-order chi connectivity index (χ1) is 12.6. The normalized spacial score (nSPS) is 9.85. The molecular formula is C22H14O4. The molecule has 0 saturated heterocycles. The van der Waals surface area contributed by atoms with Crippen LogP contribution in [-0.4, -0.2) is 22.2 Å². The Morgan fingerprint density at radius 3 is 1.96 bits per heavy atom. The molecule has 2 N–H and O–H groups in total. The summed E-state index contributed by atoms with van der Waals surface area (Å²) in [6, 6.07) is 20.4. The lowest BCUT2D eigenvalue weighted by Gasteiger charge is -2.12. The summed E-state index contributed by atoms with van der Waals surface area (Å²) in [5.74, 6) is 3.72. The van der Waals surface area contributed by atoms with Gasteiger partial charge in [-0.25, -0.2) is 9.59 Å². The Labute approximate surface area is 150 Å². The third kappa shape index (κ3) is 3.47. The molecule has 0 aliphatic rings. The summed E-state index contributed by atoms with van der Waals surface area (Å²) in [5.41, 5.74) is 1.92. The zero-order valence-electron chi connectivity index (χ0n) is 13.6. The molecule has 26 heavy (non-hydrogen) atoms. The topological polar surface area (TPSA) is 74.6 Å². The third-order valence-corrected chi connectivity index (χ3v) is 3.84. The molecule has 0 bridgehead atoms. The molecule has 3 rings (SSSR count). The van der Waals surface area contributed by atoms with Gasteiger partial charge in [0.15, 0.2) is 0 Å². The van der Waals surface area contributed by atoms with E-state index in [9.17, 15) is 19.8 Å². The van der Waals surface area contributed by atoms with Crippen molar-refractivity contribution in [2.24, 2.45) is 0 Å². The van der Waals surface area contributed by atoms with Crippen LogP contribution >= 0.6 is 0 Å². The van der Waals surface area contributed by atoms with E-state index in [-0.39, 0.29) is 11.1 Å². The van der Waals surface area contributed by atoms with Crippen LogP contribution in [0.2, 0.25) is 0 Å². The van der Waals surface area contributed by atoms with Crippen LogP contribution in [-0.2, 0) is 0 Å². The molecule has 0 atom stereocenters. The maximum atomic E-state index is 11.7. The van der Waals surface area contributed by atoms with Crippen molar-refractivity contribution in [2.45, 2.75) is 0 Å². The summed E-state index contributed by atoms with van der Waals surface area (Å²) in [5, 5.41) is 19.0. The van der Waals surface area contributed by atoms with E-state index in [1.807, 2.05) is 30.3 Å². The van der Waals surface area contributed by atoms with Gasteiger partial charge in [-0.2, -0.15) is 0 Å². The third-order valence-electron chi connectivity index (χ3n) is 3.84. The van der Waals surface area contributed by atoms with Gasteiger partial charge < -0.3 is 10.2 Å². The number of rotatable bonds is 3. The molecule has 0 saturated carbocycles. The first-order valence-corrected chi connectivity index (χ1v) is 7.84. The van der Waals surface area contributed by atoms with Gasteiger partial charge >= 0.3 is 11.9 Å². The molecule has 0 unspecified atom stereocenters. The minimum Gasteiger partial charge on any atom is -0.478 e. The first-order valence-electron chi connectivity index (χ1n) is 7.84. The minimum atomic E-state index is -1.14. The van der Waals surface area contributed by atoms with E-state index in [2.05, 4.69) is 11.8 Å². The van der Waals surface area contributed by atoms with Crippen LogP contribution in [0.1, 0.15) is 31.8 Å². The van der Waals surface area contributed by atoms with Crippen molar-refractivity contribution in [3.05, 3.63) is 95.1 Å². The summed E-state index contributed by atoms with van der Waals surface area (Å²) in [6.07, 6.45) is 0. The Morgan fingerprint density at radius 1 is 0.654 bits per heavy atom. The first kappa shape index (κ1) is 17.0. The number of hydrogen-bond acceptors (Lipinski definition) is 2. The number of aromatic carboxylic acids is 2. The Kier molecular flexibility index (Phi) is 4.82. The zero-order valence-corrected chi connectivity index (χ0v) is 13.6. The van der Waals surface area contributed by atoms with Crippen LogP contribution < -0.4 is 0 Å². The fourth-order valence-corrected chi connectivity index (χ4v) is 2.67. The van der Waals surface area contributed by atoms with E-state index < -0.39 is 11.9 Å². The summed E-state index contributed by atoms with van der Waals surface area (Å²) in [4.78, 5) is 23.3. The maximum Gasteiger partial charge on any atom is 0.336 e. The van der Waals surface area contributed by atoms with Gasteiger partial charge in [0.2, 0.25) is 0 Å². The van der Waals surface area contributed by atoms with E-state index in [0.717, 1.165) is 5.56 Å². The second kappa shape index (κ2) is 7.37. The van der Waals surface area contributed by atoms with Gasteiger partial charge in [-0.05, 0) is 35.9 Å². The average molecular weight is 342 g/mol. The lowest BCUT2D eigenvalue weighted by Crippen LogP contribution is -2.05. The fraction of sp³-hybridized carbons (Fsp3) is 0. The number of benzene rings is 3. The van der Waals surface area contributed by atoms with Crippen LogP contribution in [0.25, 0.3) is 11.1 Å². The van der Waals surface area contributed by atoms with Crippen LogP contribution in [0.5, 0.6) is 0 Å². The van der Waals surface area contributed by atoms with Crippen LogP contribution in [0.3, 0.4) is 0 Å². The summed E-state index contributed by atoms with van der Waals surface area (Å²) < 4.78 is 0. The molecule has 0 aliphatic carbocycles. The SMILES string of the molecule is O=C(O)c1ccccc1-c1c(C#Cc2ccccc2)cccc1C(=O)O. The van der Waals surface area contributed by atoms with E-state index in [1.54, 1.807) is 30.3 Å². The van der Waals surface area contributed by atoms with Crippen LogP contribution in [0.15, 0.2) is 72.8 Å². The molecule has 0 fully saturated rings. The van der Waals surface area contributed by atoms with Gasteiger partial charge in [0.25, 0.3) is 0 Å².